The molecule has 0 fully saturated rings. The van der Waals surface area contributed by atoms with Gasteiger partial charge in [0, 0.05) is 12.6 Å². The summed E-state index contributed by atoms with van der Waals surface area (Å²) < 4.78 is 18.2. The number of ether oxygens (including phenoxy) is 3. The smallest absolute Gasteiger partial charge is 0.318 e. The van der Waals surface area contributed by atoms with E-state index in [1.54, 1.807) is 25.3 Å². The predicted molar refractivity (Wildman–Crippen MR) is 118 cm³/mol. The van der Waals surface area contributed by atoms with Crippen LogP contribution in [0.2, 0.25) is 0 Å². The molecule has 32 heavy (non-hydrogen) atoms. The van der Waals surface area contributed by atoms with Crippen LogP contribution in [0.25, 0.3) is 6.08 Å². The molecular formula is C23H23N3O6. The molecule has 0 atom stereocenters. The number of carbonyl (C=O) groups excluding carboxylic acids is 1. The average Bonchev–Trinajstić information content (AvgIpc) is 3.19. The number of nitro groups is 1. The zero-order valence-corrected chi connectivity index (χ0v) is 18.0. The van der Waals surface area contributed by atoms with Crippen LogP contribution in [-0.4, -0.2) is 34.2 Å². The van der Waals surface area contributed by atoms with Crippen LogP contribution in [0.5, 0.6) is 17.2 Å². The van der Waals surface area contributed by atoms with E-state index in [-0.39, 0.29) is 18.0 Å². The number of ketones is 1. The van der Waals surface area contributed by atoms with Gasteiger partial charge < -0.3 is 14.2 Å². The highest BCUT2D eigenvalue weighted by atomic mass is 16.6. The van der Waals surface area contributed by atoms with Crippen molar-refractivity contribution in [2.24, 2.45) is 7.05 Å². The van der Waals surface area contributed by atoms with E-state index in [1.165, 1.54) is 24.0 Å². The molecule has 3 aromatic rings. The van der Waals surface area contributed by atoms with Crippen LogP contribution in [-0.2, 0) is 13.7 Å². The van der Waals surface area contributed by atoms with Crippen molar-refractivity contribution in [1.82, 2.24) is 9.78 Å². The van der Waals surface area contributed by atoms with Crippen molar-refractivity contribution in [2.45, 2.75) is 13.5 Å². The highest BCUT2D eigenvalue weighted by molar-refractivity contribution is 6.07. The van der Waals surface area contributed by atoms with Crippen molar-refractivity contribution in [3.05, 3.63) is 81.7 Å². The molecule has 3 rings (SSSR count). The van der Waals surface area contributed by atoms with Crippen LogP contribution in [0.3, 0.4) is 0 Å². The third-order valence-corrected chi connectivity index (χ3v) is 4.50. The minimum Gasteiger partial charge on any atom is -0.496 e. The van der Waals surface area contributed by atoms with Crippen LogP contribution < -0.4 is 14.2 Å². The number of carbonyl (C=O) groups is 1. The van der Waals surface area contributed by atoms with Crippen molar-refractivity contribution < 1.29 is 23.9 Å². The lowest BCUT2D eigenvalue weighted by atomic mass is 10.1. The quantitative estimate of drug-likeness (QED) is 0.202. The van der Waals surface area contributed by atoms with E-state index >= 15 is 0 Å². The molecule has 0 saturated heterocycles. The molecule has 0 aliphatic heterocycles. The van der Waals surface area contributed by atoms with Crippen LogP contribution in [0.4, 0.5) is 5.69 Å². The molecule has 2 aromatic carbocycles. The van der Waals surface area contributed by atoms with E-state index in [0.29, 0.717) is 29.4 Å². The van der Waals surface area contributed by atoms with Crippen molar-refractivity contribution in [3.63, 3.8) is 0 Å². The average molecular weight is 437 g/mol. The maximum Gasteiger partial charge on any atom is 0.318 e. The van der Waals surface area contributed by atoms with Gasteiger partial charge in [-0.15, -0.1) is 0 Å². The lowest BCUT2D eigenvalue weighted by Crippen LogP contribution is -2.02. The van der Waals surface area contributed by atoms with Gasteiger partial charge in [0.25, 0.3) is 0 Å². The fraction of sp³-hybridized carbons (Fsp3) is 0.217. The third kappa shape index (κ3) is 5.31. The highest BCUT2D eigenvalue weighted by Gasteiger charge is 2.23. The summed E-state index contributed by atoms with van der Waals surface area (Å²) in [4.78, 5) is 22.9. The Morgan fingerprint density at radius 3 is 2.53 bits per heavy atom. The molecule has 0 saturated carbocycles. The summed E-state index contributed by atoms with van der Waals surface area (Å²) in [5, 5.41) is 15.0. The summed E-state index contributed by atoms with van der Waals surface area (Å²) in [6.45, 7) is 2.64. The number of benzene rings is 2. The van der Waals surface area contributed by atoms with Crippen molar-refractivity contribution in [1.29, 1.82) is 0 Å². The number of para-hydroxylation sites is 2. The van der Waals surface area contributed by atoms with E-state index in [9.17, 15) is 14.9 Å². The molecule has 0 spiro atoms. The number of rotatable bonds is 10. The molecule has 166 valence electrons. The van der Waals surface area contributed by atoms with Gasteiger partial charge in [0.2, 0.25) is 11.5 Å². The number of methoxy groups -OCH3 is 1. The summed E-state index contributed by atoms with van der Waals surface area (Å²) in [7, 11) is 3.08. The van der Waals surface area contributed by atoms with Gasteiger partial charge in [-0.2, -0.15) is 5.10 Å². The summed E-state index contributed by atoms with van der Waals surface area (Å²) in [5.41, 5.74) is 0.920. The molecule has 0 N–H and O–H groups in total. The normalized spacial score (nSPS) is 10.8. The second kappa shape index (κ2) is 10.3. The number of hydrogen-bond donors (Lipinski definition) is 0. The first-order chi connectivity index (χ1) is 15.4. The Hall–Kier alpha value is -4.14. The molecule has 0 bridgehead atoms. The second-order valence-corrected chi connectivity index (χ2v) is 6.73. The Labute approximate surface area is 185 Å². The number of aryl methyl sites for hydroxylation is 1. The Morgan fingerprint density at radius 1 is 1.16 bits per heavy atom. The Bertz CT molecular complexity index is 1150. The van der Waals surface area contributed by atoms with Gasteiger partial charge in [-0.25, -0.2) is 0 Å². The summed E-state index contributed by atoms with van der Waals surface area (Å²) >= 11 is 0. The fourth-order valence-electron chi connectivity index (χ4n) is 3.05. The first-order valence-corrected chi connectivity index (χ1v) is 9.85. The zero-order valence-electron chi connectivity index (χ0n) is 18.0. The molecule has 1 aromatic heterocycles. The lowest BCUT2D eigenvalue weighted by molar-refractivity contribution is -0.385. The van der Waals surface area contributed by atoms with E-state index in [2.05, 4.69) is 5.10 Å². The molecule has 0 radical (unpaired) electrons. The van der Waals surface area contributed by atoms with Crippen molar-refractivity contribution >= 4 is 17.5 Å². The topological polar surface area (TPSA) is 106 Å². The molecule has 9 nitrogen and oxygen atoms in total. The first-order valence-electron chi connectivity index (χ1n) is 9.85. The van der Waals surface area contributed by atoms with Crippen LogP contribution in [0.1, 0.15) is 28.5 Å². The number of aromatic nitrogens is 2. The minimum atomic E-state index is -0.628. The van der Waals surface area contributed by atoms with Gasteiger partial charge in [0.1, 0.15) is 18.6 Å². The standard InChI is InChI=1S/C23H23N3O6/c1-4-31-21-7-5-6-8-22(21)32-15-17-13-16(10-12-20(17)30-3)9-11-19(27)23-18(26(28)29)14-25(2)24-23/h5-14H,4,15H2,1-3H3/b11-9+. The van der Waals surface area contributed by atoms with Gasteiger partial charge in [-0.3, -0.25) is 19.6 Å². The van der Waals surface area contributed by atoms with Gasteiger partial charge in [0.05, 0.1) is 18.6 Å². The number of nitrogens with zero attached hydrogens (tertiary/aromatic N) is 3. The van der Waals surface area contributed by atoms with Crippen LogP contribution >= 0.6 is 0 Å². The summed E-state index contributed by atoms with van der Waals surface area (Å²) in [6.07, 6.45) is 4.02. The predicted octanol–water partition coefficient (Wildman–Crippen LogP) is 4.21. The largest absolute Gasteiger partial charge is 0.496 e. The van der Waals surface area contributed by atoms with Crippen molar-refractivity contribution in [2.75, 3.05) is 13.7 Å². The fourth-order valence-corrected chi connectivity index (χ4v) is 3.05. The highest BCUT2D eigenvalue weighted by Crippen LogP contribution is 2.29. The van der Waals surface area contributed by atoms with E-state index < -0.39 is 10.7 Å². The maximum absolute atomic E-state index is 12.4. The second-order valence-electron chi connectivity index (χ2n) is 6.73. The molecule has 0 aliphatic rings. The lowest BCUT2D eigenvalue weighted by Gasteiger charge is -2.14. The van der Waals surface area contributed by atoms with E-state index in [4.69, 9.17) is 14.2 Å². The molecule has 0 aliphatic carbocycles. The zero-order chi connectivity index (χ0) is 23.1. The molecular weight excluding hydrogens is 414 g/mol. The van der Waals surface area contributed by atoms with E-state index in [1.807, 2.05) is 37.3 Å². The van der Waals surface area contributed by atoms with Gasteiger partial charge in [0.15, 0.2) is 11.5 Å². The summed E-state index contributed by atoms with van der Waals surface area (Å²) in [5.74, 6) is 1.32. The van der Waals surface area contributed by atoms with Gasteiger partial charge in [-0.05, 0) is 42.8 Å². The number of hydrogen-bond acceptors (Lipinski definition) is 7. The summed E-state index contributed by atoms with van der Waals surface area (Å²) in [6, 6.07) is 12.7. The number of allylic oxidation sites excluding steroid dienone is 1. The third-order valence-electron chi connectivity index (χ3n) is 4.50. The molecule has 9 heteroatoms. The Kier molecular flexibility index (Phi) is 7.22. The molecule has 0 unspecified atom stereocenters. The first kappa shape index (κ1) is 22.5. The maximum atomic E-state index is 12.4. The SMILES string of the molecule is CCOc1ccccc1OCc1cc(/C=C/C(=O)c2nn(C)cc2[N+](=O)[O-])ccc1OC. The van der Waals surface area contributed by atoms with Crippen LogP contribution in [0, 0.1) is 10.1 Å². The van der Waals surface area contributed by atoms with Crippen molar-refractivity contribution in [3.8, 4) is 17.2 Å². The Balaban J connectivity index is 1.79. The molecule has 0 amide bonds. The Morgan fingerprint density at radius 2 is 1.88 bits per heavy atom. The van der Waals surface area contributed by atoms with Crippen LogP contribution in [0.15, 0.2) is 54.7 Å². The van der Waals surface area contributed by atoms with Gasteiger partial charge in [-0.1, -0.05) is 24.3 Å². The van der Waals surface area contributed by atoms with Gasteiger partial charge >= 0.3 is 5.69 Å². The van der Waals surface area contributed by atoms with E-state index in [0.717, 1.165) is 5.56 Å². The molecule has 1 heterocycles. The monoisotopic (exact) mass is 437 g/mol. The minimum absolute atomic E-state index is 0.210.